The maximum absolute atomic E-state index is 12.0. The maximum atomic E-state index is 12.0. The van der Waals surface area contributed by atoms with Crippen LogP contribution in [0.15, 0.2) is 212 Å². The Morgan fingerprint density at radius 1 is 0.292 bits per heavy atom. The molecule has 7 aromatic rings. The van der Waals surface area contributed by atoms with Crippen LogP contribution in [0.1, 0.15) is 38.9 Å². The first-order valence-corrected chi connectivity index (χ1v) is 24.8. The van der Waals surface area contributed by atoms with Gasteiger partial charge in [-0.3, -0.25) is 0 Å². The van der Waals surface area contributed by atoms with Crippen molar-refractivity contribution in [1.82, 2.24) is 0 Å². The van der Waals surface area contributed by atoms with E-state index in [0.717, 1.165) is 38.9 Å². The number of aliphatic hydroxyl groups is 1. The Balaban J connectivity index is 1.10. The van der Waals surface area contributed by atoms with Crippen LogP contribution in [0.5, 0.6) is 0 Å². The van der Waals surface area contributed by atoms with E-state index in [1.54, 1.807) is 0 Å². The Morgan fingerprint density at radius 3 is 0.931 bits per heavy atom. The summed E-state index contributed by atoms with van der Waals surface area (Å²) in [5.41, 5.74) is 6.75. The minimum Gasteiger partial charge on any atom is -0.374 e. The van der Waals surface area contributed by atoms with Gasteiger partial charge in [-0.1, -0.05) is 212 Å². The van der Waals surface area contributed by atoms with Crippen molar-refractivity contribution in [3.8, 4) is 0 Å². The molecule has 2 heterocycles. The average Bonchev–Trinajstić information content (AvgIpc) is 3.43. The summed E-state index contributed by atoms with van der Waals surface area (Å²) in [5.74, 6) is 0. The highest BCUT2D eigenvalue weighted by molar-refractivity contribution is 5.19. The molecule has 72 heavy (non-hydrogen) atoms. The van der Waals surface area contributed by atoms with Gasteiger partial charge in [-0.25, -0.2) is 0 Å². The van der Waals surface area contributed by atoms with Crippen molar-refractivity contribution < 1.29 is 52.5 Å². The summed E-state index contributed by atoms with van der Waals surface area (Å²) in [6.45, 7) is 1.91. The summed E-state index contributed by atoms with van der Waals surface area (Å²) in [6, 6.07) is 69.6. The van der Waals surface area contributed by atoms with E-state index in [0.29, 0.717) is 13.2 Å². The molecule has 1 N–H and O–H groups in total. The van der Waals surface area contributed by atoms with Gasteiger partial charge in [-0.05, 0) is 38.9 Å². The lowest BCUT2D eigenvalue weighted by molar-refractivity contribution is -0.374. The molecule has 374 valence electrons. The van der Waals surface area contributed by atoms with Crippen LogP contribution in [0.4, 0.5) is 0 Å². The molecule has 2 aliphatic heterocycles. The minimum absolute atomic E-state index is 0.0375. The highest BCUT2D eigenvalue weighted by Gasteiger charge is 2.54. The maximum Gasteiger partial charge on any atom is 0.187 e. The van der Waals surface area contributed by atoms with Crippen molar-refractivity contribution in [2.45, 2.75) is 108 Å². The third-order valence-corrected chi connectivity index (χ3v) is 12.7. The summed E-state index contributed by atoms with van der Waals surface area (Å²) in [5, 5.41) is 12.0. The first-order valence-electron chi connectivity index (χ1n) is 24.8. The van der Waals surface area contributed by atoms with Crippen LogP contribution in [0.3, 0.4) is 0 Å². The molecule has 0 saturated carbocycles. The molecule has 0 amide bonds. The number of rotatable bonds is 25. The SMILES string of the molecule is O[C@@H]1O[C@H](COCc2ccccc2)[C@@H](O[C@@H]2O[C@H](COCc3ccccc3)[C@@H](OCc3ccccc3)[C@H](OCc3ccccc3)[C@H]2OCc2ccccc2)[C@H](OCc2ccccc2)[C@H]1OCc1ccccc1. The number of ether oxygens (including phenoxy) is 10. The monoisotopic (exact) mass is 972 g/mol. The van der Waals surface area contributed by atoms with Crippen molar-refractivity contribution >= 4 is 0 Å². The minimum atomic E-state index is -1.41. The second-order valence-corrected chi connectivity index (χ2v) is 18.0. The largest absolute Gasteiger partial charge is 0.374 e. The topological polar surface area (TPSA) is 113 Å². The van der Waals surface area contributed by atoms with Crippen LogP contribution in [0.25, 0.3) is 0 Å². The predicted molar refractivity (Wildman–Crippen MR) is 272 cm³/mol. The molecule has 11 nitrogen and oxygen atoms in total. The van der Waals surface area contributed by atoms with E-state index in [-0.39, 0.29) is 46.2 Å². The number of aliphatic hydroxyl groups excluding tert-OH is 1. The van der Waals surface area contributed by atoms with Gasteiger partial charge in [-0.2, -0.15) is 0 Å². The van der Waals surface area contributed by atoms with Crippen LogP contribution < -0.4 is 0 Å². The molecule has 11 heteroatoms. The zero-order chi connectivity index (χ0) is 49.0. The smallest absolute Gasteiger partial charge is 0.187 e. The van der Waals surface area contributed by atoms with Crippen molar-refractivity contribution in [2.75, 3.05) is 13.2 Å². The zero-order valence-electron chi connectivity index (χ0n) is 40.4. The van der Waals surface area contributed by atoms with E-state index in [4.69, 9.17) is 47.4 Å². The van der Waals surface area contributed by atoms with E-state index in [9.17, 15) is 5.11 Å². The fraction of sp³-hybridized carbons (Fsp3) is 0.311. The van der Waals surface area contributed by atoms with Crippen LogP contribution in [-0.4, -0.2) is 79.7 Å². The molecule has 0 aromatic heterocycles. The molecular formula is C61H64O11. The lowest BCUT2D eigenvalue weighted by atomic mass is 9.95. The average molecular weight is 973 g/mol. The summed E-state index contributed by atoms with van der Waals surface area (Å²) in [4.78, 5) is 0. The molecule has 2 fully saturated rings. The Morgan fingerprint density at radius 2 is 0.569 bits per heavy atom. The first kappa shape index (κ1) is 51.0. The molecule has 9 rings (SSSR count). The van der Waals surface area contributed by atoms with E-state index in [1.165, 1.54) is 0 Å². The Bertz CT molecular complexity index is 2550. The van der Waals surface area contributed by atoms with Crippen LogP contribution >= 0.6 is 0 Å². The lowest BCUT2D eigenvalue weighted by Gasteiger charge is -2.49. The standard InChI is InChI=1S/C61H64O11/c62-60-58(68-41-50-32-18-6-19-33-50)57(67-40-49-30-16-5-17-31-49)55(53(70-60)44-64-37-46-24-10-2-11-25-46)72-61-59(69-42-51-34-20-7-21-35-51)56(66-39-48-28-14-4-15-29-48)54(65-38-47-26-12-3-13-27-47)52(71-61)43-63-36-45-22-8-1-9-23-45/h1-35,52-62H,36-44H2/t52-,53-,54-,55-,56+,57+,58-,59-,60-,61+/m1/s1. The second-order valence-electron chi connectivity index (χ2n) is 18.0. The molecule has 10 atom stereocenters. The molecule has 0 aliphatic carbocycles. The van der Waals surface area contributed by atoms with Crippen LogP contribution in [0.2, 0.25) is 0 Å². The fourth-order valence-electron chi connectivity index (χ4n) is 8.97. The summed E-state index contributed by atoms with van der Waals surface area (Å²) in [6.07, 6.45) is -9.37. The van der Waals surface area contributed by atoms with Gasteiger partial charge in [0, 0.05) is 0 Å². The van der Waals surface area contributed by atoms with Crippen molar-refractivity contribution in [2.24, 2.45) is 0 Å². The van der Waals surface area contributed by atoms with E-state index < -0.39 is 61.4 Å². The van der Waals surface area contributed by atoms with Gasteiger partial charge in [0.25, 0.3) is 0 Å². The van der Waals surface area contributed by atoms with Gasteiger partial charge in [0.2, 0.25) is 0 Å². The summed E-state index contributed by atoms with van der Waals surface area (Å²) >= 11 is 0. The van der Waals surface area contributed by atoms with Crippen molar-refractivity contribution in [3.05, 3.63) is 251 Å². The Hall–Kier alpha value is -5.90. The molecule has 2 aliphatic rings. The summed E-state index contributed by atoms with van der Waals surface area (Å²) in [7, 11) is 0. The number of benzene rings is 7. The van der Waals surface area contributed by atoms with Gasteiger partial charge in [-0.15, -0.1) is 0 Å². The molecular weight excluding hydrogens is 909 g/mol. The third-order valence-electron chi connectivity index (χ3n) is 12.7. The highest BCUT2D eigenvalue weighted by atomic mass is 16.8. The second kappa shape index (κ2) is 27.2. The molecule has 0 radical (unpaired) electrons. The van der Waals surface area contributed by atoms with Gasteiger partial charge in [0.1, 0.15) is 48.8 Å². The quantitative estimate of drug-likeness (QED) is 0.0591. The van der Waals surface area contributed by atoms with Crippen LogP contribution in [-0.2, 0) is 93.6 Å². The molecule has 0 spiro atoms. The van der Waals surface area contributed by atoms with E-state index in [1.807, 2.05) is 212 Å². The normalized spacial score (nSPS) is 24.2. The third kappa shape index (κ3) is 14.8. The molecule has 0 unspecified atom stereocenters. The Kier molecular flexibility index (Phi) is 19.3. The lowest BCUT2D eigenvalue weighted by Crippen LogP contribution is -2.66. The molecule has 0 bridgehead atoms. The van der Waals surface area contributed by atoms with Gasteiger partial charge in [0.05, 0.1) is 59.5 Å². The molecule has 7 aromatic carbocycles. The van der Waals surface area contributed by atoms with Gasteiger partial charge < -0.3 is 52.5 Å². The number of hydrogen-bond acceptors (Lipinski definition) is 11. The highest BCUT2D eigenvalue weighted by Crippen LogP contribution is 2.36. The van der Waals surface area contributed by atoms with E-state index >= 15 is 0 Å². The predicted octanol–water partition coefficient (Wildman–Crippen LogP) is 10.2. The Labute approximate surface area is 423 Å². The molecule has 2 saturated heterocycles. The fourth-order valence-corrected chi connectivity index (χ4v) is 8.97. The van der Waals surface area contributed by atoms with Crippen molar-refractivity contribution in [3.63, 3.8) is 0 Å². The van der Waals surface area contributed by atoms with E-state index in [2.05, 4.69) is 0 Å². The van der Waals surface area contributed by atoms with Crippen molar-refractivity contribution in [1.29, 1.82) is 0 Å². The first-order chi connectivity index (χ1) is 35.6. The van der Waals surface area contributed by atoms with Crippen LogP contribution in [0, 0.1) is 0 Å². The zero-order valence-corrected chi connectivity index (χ0v) is 40.4. The van der Waals surface area contributed by atoms with Gasteiger partial charge >= 0.3 is 0 Å². The van der Waals surface area contributed by atoms with Gasteiger partial charge in [0.15, 0.2) is 12.6 Å². The summed E-state index contributed by atoms with van der Waals surface area (Å²) < 4.78 is 68.6. The number of hydrogen-bond donors (Lipinski definition) is 1.